The van der Waals surface area contributed by atoms with Gasteiger partial charge in [-0.1, -0.05) is 18.2 Å². The standard InChI is InChI=1S/C9H9N3/c10-6-8-3-1-2-7-4-5-11-12-9(7)8/h1-5H,6,10H2. The molecule has 0 radical (unpaired) electrons. The zero-order valence-electron chi connectivity index (χ0n) is 6.57. The van der Waals surface area contributed by atoms with E-state index in [1.165, 1.54) is 0 Å². The molecule has 0 spiro atoms. The molecule has 0 aliphatic heterocycles. The first-order valence-corrected chi connectivity index (χ1v) is 3.81. The Labute approximate surface area is 70.2 Å². The number of nitrogens with zero attached hydrogens (tertiary/aromatic N) is 2. The summed E-state index contributed by atoms with van der Waals surface area (Å²) in [4.78, 5) is 0. The third kappa shape index (κ3) is 1.04. The molecule has 0 aliphatic rings. The minimum absolute atomic E-state index is 0.510. The summed E-state index contributed by atoms with van der Waals surface area (Å²) in [6, 6.07) is 7.88. The zero-order valence-corrected chi connectivity index (χ0v) is 6.57. The molecule has 0 amide bonds. The predicted octanol–water partition coefficient (Wildman–Crippen LogP) is 1.09. The monoisotopic (exact) mass is 159 g/mol. The highest BCUT2D eigenvalue weighted by Crippen LogP contribution is 2.13. The molecule has 0 atom stereocenters. The van der Waals surface area contributed by atoms with E-state index in [0.29, 0.717) is 6.54 Å². The smallest absolute Gasteiger partial charge is 0.0974 e. The summed E-state index contributed by atoms with van der Waals surface area (Å²) in [7, 11) is 0. The number of fused-ring (bicyclic) bond motifs is 1. The van der Waals surface area contributed by atoms with Gasteiger partial charge in [-0.2, -0.15) is 10.2 Å². The average Bonchev–Trinajstić information content (AvgIpc) is 2.17. The van der Waals surface area contributed by atoms with Crippen LogP contribution in [0.15, 0.2) is 30.5 Å². The van der Waals surface area contributed by atoms with Gasteiger partial charge >= 0.3 is 0 Å². The second kappa shape index (κ2) is 2.87. The van der Waals surface area contributed by atoms with Gasteiger partial charge in [-0.3, -0.25) is 0 Å². The molecule has 1 aromatic carbocycles. The van der Waals surface area contributed by atoms with Crippen LogP contribution in [0.2, 0.25) is 0 Å². The Kier molecular flexibility index (Phi) is 1.72. The van der Waals surface area contributed by atoms with E-state index in [4.69, 9.17) is 5.73 Å². The second-order valence-electron chi connectivity index (χ2n) is 2.59. The molecule has 3 heteroatoms. The Bertz CT molecular complexity index is 392. The topological polar surface area (TPSA) is 51.8 Å². The predicted molar refractivity (Wildman–Crippen MR) is 47.4 cm³/mol. The van der Waals surface area contributed by atoms with E-state index >= 15 is 0 Å². The van der Waals surface area contributed by atoms with Gasteiger partial charge in [-0.25, -0.2) is 0 Å². The SMILES string of the molecule is NCc1cccc2ccnnc12. The molecule has 0 bridgehead atoms. The van der Waals surface area contributed by atoms with Gasteiger partial charge in [0.2, 0.25) is 0 Å². The Hall–Kier alpha value is -1.48. The summed E-state index contributed by atoms with van der Waals surface area (Å²) in [6.07, 6.45) is 1.68. The minimum Gasteiger partial charge on any atom is -0.326 e. The second-order valence-corrected chi connectivity index (χ2v) is 2.59. The van der Waals surface area contributed by atoms with E-state index in [1.54, 1.807) is 6.20 Å². The van der Waals surface area contributed by atoms with Crippen molar-refractivity contribution >= 4 is 10.9 Å². The van der Waals surface area contributed by atoms with E-state index in [9.17, 15) is 0 Å². The van der Waals surface area contributed by atoms with Gasteiger partial charge < -0.3 is 5.73 Å². The molecule has 0 unspecified atom stereocenters. The van der Waals surface area contributed by atoms with Gasteiger partial charge in [0, 0.05) is 11.9 Å². The van der Waals surface area contributed by atoms with E-state index in [0.717, 1.165) is 16.5 Å². The molecule has 0 saturated carbocycles. The lowest BCUT2D eigenvalue weighted by atomic mass is 10.1. The maximum Gasteiger partial charge on any atom is 0.0974 e. The molecule has 60 valence electrons. The molecule has 2 rings (SSSR count). The van der Waals surface area contributed by atoms with Crippen molar-refractivity contribution in [2.75, 3.05) is 0 Å². The first kappa shape index (κ1) is 7.18. The van der Waals surface area contributed by atoms with Crippen LogP contribution in [-0.4, -0.2) is 10.2 Å². The van der Waals surface area contributed by atoms with Crippen LogP contribution in [-0.2, 0) is 6.54 Å². The highest BCUT2D eigenvalue weighted by atomic mass is 15.1. The van der Waals surface area contributed by atoms with Gasteiger partial charge in [0.25, 0.3) is 0 Å². The van der Waals surface area contributed by atoms with Crippen LogP contribution in [0.5, 0.6) is 0 Å². The van der Waals surface area contributed by atoms with E-state index in [2.05, 4.69) is 10.2 Å². The van der Waals surface area contributed by atoms with Crippen molar-refractivity contribution in [1.29, 1.82) is 0 Å². The molecule has 0 aliphatic carbocycles. The molecule has 1 aromatic heterocycles. The lowest BCUT2D eigenvalue weighted by molar-refractivity contribution is 1.03. The summed E-state index contributed by atoms with van der Waals surface area (Å²) in [5, 5.41) is 8.93. The molecule has 0 fully saturated rings. The first-order valence-electron chi connectivity index (χ1n) is 3.81. The van der Waals surface area contributed by atoms with Crippen molar-refractivity contribution in [3.8, 4) is 0 Å². The highest BCUT2D eigenvalue weighted by molar-refractivity contribution is 5.80. The molecular formula is C9H9N3. The van der Waals surface area contributed by atoms with Crippen LogP contribution in [0.4, 0.5) is 0 Å². The third-order valence-electron chi connectivity index (χ3n) is 1.85. The third-order valence-corrected chi connectivity index (χ3v) is 1.85. The first-order chi connectivity index (χ1) is 5.92. The van der Waals surface area contributed by atoms with Gasteiger partial charge in [0.15, 0.2) is 0 Å². The number of hydrogen-bond donors (Lipinski definition) is 1. The molecule has 2 N–H and O–H groups in total. The molecule has 1 heterocycles. The van der Waals surface area contributed by atoms with Crippen LogP contribution in [0.3, 0.4) is 0 Å². The van der Waals surface area contributed by atoms with Crippen LogP contribution in [0.25, 0.3) is 10.9 Å². The Morgan fingerprint density at radius 1 is 1.25 bits per heavy atom. The number of hydrogen-bond acceptors (Lipinski definition) is 3. The summed E-state index contributed by atoms with van der Waals surface area (Å²) in [5.41, 5.74) is 7.50. The fourth-order valence-electron chi connectivity index (χ4n) is 1.24. The normalized spacial score (nSPS) is 10.4. The quantitative estimate of drug-likeness (QED) is 0.677. The Morgan fingerprint density at radius 2 is 2.17 bits per heavy atom. The van der Waals surface area contributed by atoms with Gasteiger partial charge in [0.1, 0.15) is 0 Å². The largest absolute Gasteiger partial charge is 0.326 e. The number of rotatable bonds is 1. The van der Waals surface area contributed by atoms with Gasteiger partial charge in [-0.05, 0) is 11.6 Å². The number of aromatic nitrogens is 2. The fraction of sp³-hybridized carbons (Fsp3) is 0.111. The molecule has 3 nitrogen and oxygen atoms in total. The molecule has 0 saturated heterocycles. The van der Waals surface area contributed by atoms with Crippen molar-refractivity contribution in [2.45, 2.75) is 6.54 Å². The Balaban J connectivity index is 2.79. The van der Waals surface area contributed by atoms with E-state index in [1.807, 2.05) is 24.3 Å². The minimum atomic E-state index is 0.510. The lowest BCUT2D eigenvalue weighted by Gasteiger charge is -1.99. The zero-order chi connectivity index (χ0) is 8.39. The fourth-order valence-corrected chi connectivity index (χ4v) is 1.24. The van der Waals surface area contributed by atoms with Crippen molar-refractivity contribution in [3.63, 3.8) is 0 Å². The van der Waals surface area contributed by atoms with Crippen LogP contribution < -0.4 is 5.73 Å². The van der Waals surface area contributed by atoms with Crippen molar-refractivity contribution < 1.29 is 0 Å². The summed E-state index contributed by atoms with van der Waals surface area (Å²) in [5.74, 6) is 0. The molecule has 12 heavy (non-hydrogen) atoms. The summed E-state index contributed by atoms with van der Waals surface area (Å²) in [6.45, 7) is 0.510. The highest BCUT2D eigenvalue weighted by Gasteiger charge is 1.98. The maximum absolute atomic E-state index is 5.55. The molecule has 2 aromatic rings. The average molecular weight is 159 g/mol. The number of nitrogens with two attached hydrogens (primary N) is 1. The van der Waals surface area contributed by atoms with E-state index in [-0.39, 0.29) is 0 Å². The summed E-state index contributed by atoms with van der Waals surface area (Å²) < 4.78 is 0. The summed E-state index contributed by atoms with van der Waals surface area (Å²) >= 11 is 0. The van der Waals surface area contributed by atoms with Crippen molar-refractivity contribution in [3.05, 3.63) is 36.0 Å². The van der Waals surface area contributed by atoms with Crippen LogP contribution >= 0.6 is 0 Å². The van der Waals surface area contributed by atoms with Gasteiger partial charge in [-0.15, -0.1) is 0 Å². The van der Waals surface area contributed by atoms with Crippen molar-refractivity contribution in [2.24, 2.45) is 5.73 Å². The lowest BCUT2D eigenvalue weighted by Crippen LogP contribution is -1.98. The Morgan fingerprint density at radius 3 is 3.00 bits per heavy atom. The maximum atomic E-state index is 5.55. The van der Waals surface area contributed by atoms with E-state index < -0.39 is 0 Å². The van der Waals surface area contributed by atoms with Crippen LogP contribution in [0.1, 0.15) is 5.56 Å². The van der Waals surface area contributed by atoms with Gasteiger partial charge in [0.05, 0.1) is 11.7 Å². The number of benzene rings is 1. The molecular weight excluding hydrogens is 150 g/mol. The van der Waals surface area contributed by atoms with Crippen molar-refractivity contribution in [1.82, 2.24) is 10.2 Å². The van der Waals surface area contributed by atoms with Crippen LogP contribution in [0, 0.1) is 0 Å².